The lowest BCUT2D eigenvalue weighted by atomic mass is 9.92. The van der Waals surface area contributed by atoms with Crippen molar-refractivity contribution < 1.29 is 0 Å². The number of rotatable bonds is 1. The number of nitrogens with zero attached hydrogens (tertiary/aromatic N) is 1. The van der Waals surface area contributed by atoms with Gasteiger partial charge in [0.2, 0.25) is 0 Å². The van der Waals surface area contributed by atoms with Crippen LogP contribution in [-0.2, 0) is 5.41 Å². The third kappa shape index (κ3) is 2.05. The molecule has 0 spiro atoms. The highest BCUT2D eigenvalue weighted by atomic mass is 79.9. The fraction of sp³-hybridized carbons (Fsp3) is 0.308. The molecule has 0 aliphatic heterocycles. The highest BCUT2D eigenvalue weighted by molar-refractivity contribution is 9.10. The molecule has 0 fully saturated rings. The van der Waals surface area contributed by atoms with Crippen molar-refractivity contribution in [2.75, 3.05) is 0 Å². The van der Waals surface area contributed by atoms with E-state index in [4.69, 9.17) is 0 Å². The lowest BCUT2D eigenvalue weighted by Crippen LogP contribution is -2.12. The summed E-state index contributed by atoms with van der Waals surface area (Å²) in [7, 11) is 0. The van der Waals surface area contributed by atoms with E-state index in [1.807, 2.05) is 18.2 Å². The smallest absolute Gasteiger partial charge is 0.107 e. The molecule has 0 aliphatic carbocycles. The molecule has 2 aromatic rings. The van der Waals surface area contributed by atoms with E-state index in [9.17, 15) is 0 Å². The molecule has 0 atom stereocenters. The summed E-state index contributed by atoms with van der Waals surface area (Å²) in [6.45, 7) is 6.50. The SMILES string of the molecule is CC(C)(C)c1[nH]nc(-c2ccccc2)c1Br. The highest BCUT2D eigenvalue weighted by Gasteiger charge is 2.22. The first kappa shape index (κ1) is 11.4. The molecular weight excluding hydrogens is 264 g/mol. The molecule has 3 heteroatoms. The largest absolute Gasteiger partial charge is 0.280 e. The molecule has 0 amide bonds. The number of aromatic nitrogens is 2. The molecule has 0 saturated heterocycles. The third-order valence-corrected chi connectivity index (χ3v) is 3.28. The molecular formula is C13H15BrN2. The summed E-state index contributed by atoms with van der Waals surface area (Å²) in [6, 6.07) is 10.2. The molecule has 1 heterocycles. The molecule has 2 nitrogen and oxygen atoms in total. The molecule has 16 heavy (non-hydrogen) atoms. The molecule has 2 rings (SSSR count). The number of hydrogen-bond donors (Lipinski definition) is 1. The lowest BCUT2D eigenvalue weighted by Gasteiger charge is -2.16. The maximum absolute atomic E-state index is 4.38. The van der Waals surface area contributed by atoms with Gasteiger partial charge in [-0.3, -0.25) is 5.10 Å². The number of H-pyrrole nitrogens is 1. The number of nitrogens with one attached hydrogen (secondary N) is 1. The Morgan fingerprint density at radius 3 is 2.25 bits per heavy atom. The Morgan fingerprint density at radius 2 is 1.75 bits per heavy atom. The molecule has 0 bridgehead atoms. The average Bonchev–Trinajstić information content (AvgIpc) is 2.61. The lowest BCUT2D eigenvalue weighted by molar-refractivity contribution is 0.564. The number of aromatic amines is 1. The van der Waals surface area contributed by atoms with Gasteiger partial charge in [-0.1, -0.05) is 51.1 Å². The van der Waals surface area contributed by atoms with Crippen LogP contribution in [0.25, 0.3) is 11.3 Å². The summed E-state index contributed by atoms with van der Waals surface area (Å²) in [5, 5.41) is 7.50. The van der Waals surface area contributed by atoms with Crippen LogP contribution in [0.15, 0.2) is 34.8 Å². The summed E-state index contributed by atoms with van der Waals surface area (Å²) < 4.78 is 1.06. The van der Waals surface area contributed by atoms with Gasteiger partial charge in [0.25, 0.3) is 0 Å². The first-order valence-corrected chi connectivity index (χ1v) is 6.09. The van der Waals surface area contributed by atoms with Crippen molar-refractivity contribution in [1.29, 1.82) is 0 Å². The minimum absolute atomic E-state index is 0.0683. The van der Waals surface area contributed by atoms with E-state index in [1.165, 1.54) is 0 Å². The monoisotopic (exact) mass is 278 g/mol. The van der Waals surface area contributed by atoms with Gasteiger partial charge in [-0.25, -0.2) is 0 Å². The van der Waals surface area contributed by atoms with Gasteiger partial charge in [0.05, 0.1) is 10.2 Å². The molecule has 1 N–H and O–H groups in total. The van der Waals surface area contributed by atoms with Gasteiger partial charge < -0.3 is 0 Å². The van der Waals surface area contributed by atoms with Crippen LogP contribution in [0.3, 0.4) is 0 Å². The normalized spacial score (nSPS) is 11.8. The molecule has 0 aliphatic rings. The maximum atomic E-state index is 4.38. The fourth-order valence-electron chi connectivity index (χ4n) is 1.61. The predicted octanol–water partition coefficient (Wildman–Crippen LogP) is 4.14. The zero-order valence-corrected chi connectivity index (χ0v) is 11.3. The quantitative estimate of drug-likeness (QED) is 0.835. The van der Waals surface area contributed by atoms with Crippen LogP contribution in [-0.4, -0.2) is 10.2 Å². The Kier molecular flexibility index (Phi) is 2.89. The van der Waals surface area contributed by atoms with Crippen molar-refractivity contribution in [2.24, 2.45) is 0 Å². The third-order valence-electron chi connectivity index (χ3n) is 2.50. The van der Waals surface area contributed by atoms with Gasteiger partial charge in [-0.2, -0.15) is 5.10 Å². The van der Waals surface area contributed by atoms with E-state index in [0.717, 1.165) is 21.4 Å². The van der Waals surface area contributed by atoms with E-state index < -0.39 is 0 Å². The zero-order chi connectivity index (χ0) is 11.8. The Hall–Kier alpha value is -1.09. The molecule has 0 unspecified atom stereocenters. The van der Waals surface area contributed by atoms with Gasteiger partial charge in [-0.05, 0) is 15.9 Å². The van der Waals surface area contributed by atoms with Crippen LogP contribution in [0.2, 0.25) is 0 Å². The molecule has 1 aromatic heterocycles. The number of halogens is 1. The van der Waals surface area contributed by atoms with Crippen molar-refractivity contribution in [3.8, 4) is 11.3 Å². The van der Waals surface area contributed by atoms with E-state index in [-0.39, 0.29) is 5.41 Å². The van der Waals surface area contributed by atoms with Gasteiger partial charge in [0, 0.05) is 11.0 Å². The van der Waals surface area contributed by atoms with Crippen LogP contribution in [0.1, 0.15) is 26.5 Å². The summed E-state index contributed by atoms with van der Waals surface area (Å²) in [5.41, 5.74) is 3.30. The minimum atomic E-state index is 0.0683. The Balaban J connectivity index is 2.50. The highest BCUT2D eigenvalue weighted by Crippen LogP contribution is 2.34. The van der Waals surface area contributed by atoms with Crippen LogP contribution in [0.5, 0.6) is 0 Å². The van der Waals surface area contributed by atoms with Gasteiger partial charge in [0.1, 0.15) is 5.69 Å². The van der Waals surface area contributed by atoms with Gasteiger partial charge in [0.15, 0.2) is 0 Å². The van der Waals surface area contributed by atoms with Crippen molar-refractivity contribution in [2.45, 2.75) is 26.2 Å². The maximum Gasteiger partial charge on any atom is 0.107 e. The Bertz CT molecular complexity index is 480. The Morgan fingerprint density at radius 1 is 1.12 bits per heavy atom. The van der Waals surface area contributed by atoms with Crippen molar-refractivity contribution in [3.05, 3.63) is 40.5 Å². The van der Waals surface area contributed by atoms with Gasteiger partial charge >= 0.3 is 0 Å². The van der Waals surface area contributed by atoms with E-state index in [2.05, 4.69) is 59.0 Å². The molecule has 0 radical (unpaired) electrons. The van der Waals surface area contributed by atoms with Crippen LogP contribution in [0.4, 0.5) is 0 Å². The van der Waals surface area contributed by atoms with Crippen LogP contribution >= 0.6 is 15.9 Å². The number of benzene rings is 1. The fourth-order valence-corrected chi connectivity index (χ4v) is 2.61. The van der Waals surface area contributed by atoms with Crippen molar-refractivity contribution >= 4 is 15.9 Å². The molecule has 0 saturated carbocycles. The van der Waals surface area contributed by atoms with Crippen molar-refractivity contribution in [1.82, 2.24) is 10.2 Å². The van der Waals surface area contributed by atoms with Gasteiger partial charge in [-0.15, -0.1) is 0 Å². The summed E-state index contributed by atoms with van der Waals surface area (Å²) in [5.74, 6) is 0. The molecule has 1 aromatic carbocycles. The summed E-state index contributed by atoms with van der Waals surface area (Å²) in [6.07, 6.45) is 0. The second-order valence-corrected chi connectivity index (χ2v) is 5.67. The van der Waals surface area contributed by atoms with Crippen LogP contribution < -0.4 is 0 Å². The zero-order valence-electron chi connectivity index (χ0n) is 9.71. The van der Waals surface area contributed by atoms with E-state index in [0.29, 0.717) is 0 Å². The van der Waals surface area contributed by atoms with Crippen LogP contribution in [0, 0.1) is 0 Å². The predicted molar refractivity (Wildman–Crippen MR) is 70.4 cm³/mol. The standard InChI is InChI=1S/C13H15BrN2/c1-13(2,3)12-10(14)11(15-16-12)9-7-5-4-6-8-9/h4-8H,1-3H3,(H,15,16). The van der Waals surface area contributed by atoms with Crippen molar-refractivity contribution in [3.63, 3.8) is 0 Å². The summed E-state index contributed by atoms with van der Waals surface area (Å²) >= 11 is 3.63. The average molecular weight is 279 g/mol. The summed E-state index contributed by atoms with van der Waals surface area (Å²) in [4.78, 5) is 0. The van der Waals surface area contributed by atoms with E-state index >= 15 is 0 Å². The second kappa shape index (κ2) is 4.06. The molecule has 84 valence electrons. The minimum Gasteiger partial charge on any atom is -0.280 e. The second-order valence-electron chi connectivity index (χ2n) is 4.88. The number of hydrogen-bond acceptors (Lipinski definition) is 1. The first-order chi connectivity index (χ1) is 7.50. The topological polar surface area (TPSA) is 28.7 Å². The first-order valence-electron chi connectivity index (χ1n) is 5.30. The van der Waals surface area contributed by atoms with E-state index in [1.54, 1.807) is 0 Å². The Labute approximate surface area is 104 Å².